The van der Waals surface area contributed by atoms with Crippen molar-refractivity contribution in [2.75, 3.05) is 0 Å². The van der Waals surface area contributed by atoms with Crippen LogP contribution in [0, 0.1) is 0 Å². The summed E-state index contributed by atoms with van der Waals surface area (Å²) < 4.78 is 1.84. The van der Waals surface area contributed by atoms with Gasteiger partial charge in [0, 0.05) is 18.0 Å². The Morgan fingerprint density at radius 2 is 2.00 bits per heavy atom. The first-order valence-electron chi connectivity index (χ1n) is 6.38. The average molecular weight is 280 g/mol. The van der Waals surface area contributed by atoms with Crippen LogP contribution in [0.3, 0.4) is 0 Å². The Labute approximate surface area is 118 Å². The van der Waals surface area contributed by atoms with Crippen molar-refractivity contribution in [3.05, 3.63) is 47.0 Å². The predicted octanol–water partition coefficient (Wildman–Crippen LogP) is 2.79. The number of hydrogen-bond acceptors (Lipinski definition) is 3. The largest absolute Gasteiger partial charge is 0.385 e. The summed E-state index contributed by atoms with van der Waals surface area (Å²) in [6.45, 7) is 4.68. The van der Waals surface area contributed by atoms with Crippen LogP contribution >= 0.6 is 11.6 Å². The molecule has 0 aliphatic rings. The second-order valence-corrected chi connectivity index (χ2v) is 5.29. The third-order valence-corrected chi connectivity index (χ3v) is 3.35. The third-order valence-electron chi connectivity index (χ3n) is 3.10. The molecule has 1 unspecified atom stereocenters. The summed E-state index contributed by atoms with van der Waals surface area (Å²) in [7, 11) is 0. The van der Waals surface area contributed by atoms with Crippen LogP contribution in [-0.2, 0) is 18.6 Å². The van der Waals surface area contributed by atoms with E-state index in [1.54, 1.807) is 19.1 Å². The molecule has 0 spiro atoms. The highest BCUT2D eigenvalue weighted by atomic mass is 35.5. The minimum atomic E-state index is -0.983. The average Bonchev–Trinajstić information content (AvgIpc) is 2.77. The highest BCUT2D eigenvalue weighted by Crippen LogP contribution is 2.25. The molecule has 0 aliphatic carbocycles. The molecule has 0 aliphatic heterocycles. The van der Waals surface area contributed by atoms with Crippen molar-refractivity contribution in [2.24, 2.45) is 0 Å². The summed E-state index contributed by atoms with van der Waals surface area (Å²) in [6, 6.07) is 7.23. The van der Waals surface area contributed by atoms with Gasteiger partial charge in [-0.05, 0) is 31.0 Å². The van der Waals surface area contributed by atoms with Crippen LogP contribution in [0.2, 0.25) is 5.02 Å². The first kappa shape index (κ1) is 14.0. The molecular weight excluding hydrogens is 262 g/mol. The molecule has 102 valence electrons. The van der Waals surface area contributed by atoms with E-state index in [1.807, 2.05) is 16.8 Å². The number of hydrogen-bond donors (Lipinski definition) is 1. The molecule has 1 aromatic heterocycles. The second-order valence-electron chi connectivity index (χ2n) is 4.86. The molecule has 19 heavy (non-hydrogen) atoms. The molecule has 0 saturated heterocycles. The normalized spacial score (nSPS) is 14.3. The molecule has 5 heteroatoms. The van der Waals surface area contributed by atoms with Crippen LogP contribution in [0.4, 0.5) is 0 Å². The first-order chi connectivity index (χ1) is 9.03. The van der Waals surface area contributed by atoms with Gasteiger partial charge in [-0.2, -0.15) is 5.10 Å². The Kier molecular flexibility index (Phi) is 4.22. The Bertz CT molecular complexity index is 534. The van der Waals surface area contributed by atoms with Crippen molar-refractivity contribution in [1.29, 1.82) is 0 Å². The number of aliphatic hydroxyl groups is 1. The Morgan fingerprint density at radius 1 is 1.32 bits per heavy atom. The molecule has 4 nitrogen and oxygen atoms in total. The van der Waals surface area contributed by atoms with E-state index in [4.69, 9.17) is 11.6 Å². The highest BCUT2D eigenvalue weighted by Gasteiger charge is 2.26. The van der Waals surface area contributed by atoms with Gasteiger partial charge in [-0.3, -0.25) is 0 Å². The van der Waals surface area contributed by atoms with E-state index in [0.29, 0.717) is 11.4 Å². The fourth-order valence-electron chi connectivity index (χ4n) is 2.04. The van der Waals surface area contributed by atoms with Gasteiger partial charge in [-0.1, -0.05) is 30.7 Å². The molecule has 2 aromatic rings. The minimum absolute atomic E-state index is 0.425. The number of nitrogens with zero attached hydrogens (tertiary/aromatic N) is 3. The topological polar surface area (TPSA) is 50.9 Å². The SMILES string of the molecule is CCCn1ncnc1CC(C)(O)c1ccc(Cl)cc1. The van der Waals surface area contributed by atoms with E-state index >= 15 is 0 Å². The van der Waals surface area contributed by atoms with Gasteiger partial charge in [-0.25, -0.2) is 9.67 Å². The summed E-state index contributed by atoms with van der Waals surface area (Å²) in [4.78, 5) is 4.23. The van der Waals surface area contributed by atoms with Crippen LogP contribution < -0.4 is 0 Å². The monoisotopic (exact) mass is 279 g/mol. The molecule has 1 N–H and O–H groups in total. The van der Waals surface area contributed by atoms with Crippen LogP contribution in [0.5, 0.6) is 0 Å². The van der Waals surface area contributed by atoms with Crippen LogP contribution in [-0.4, -0.2) is 19.9 Å². The van der Waals surface area contributed by atoms with E-state index < -0.39 is 5.60 Å². The maximum Gasteiger partial charge on any atom is 0.138 e. The molecule has 1 aromatic carbocycles. The fraction of sp³-hybridized carbons (Fsp3) is 0.429. The van der Waals surface area contributed by atoms with Gasteiger partial charge in [0.05, 0.1) is 5.60 Å². The zero-order valence-electron chi connectivity index (χ0n) is 11.2. The first-order valence-corrected chi connectivity index (χ1v) is 6.76. The maximum atomic E-state index is 10.6. The lowest BCUT2D eigenvalue weighted by atomic mass is 9.92. The van der Waals surface area contributed by atoms with Crippen molar-refractivity contribution in [3.63, 3.8) is 0 Å². The van der Waals surface area contributed by atoms with Gasteiger partial charge in [-0.15, -0.1) is 0 Å². The highest BCUT2D eigenvalue weighted by molar-refractivity contribution is 6.30. The van der Waals surface area contributed by atoms with Gasteiger partial charge in [0.1, 0.15) is 12.2 Å². The quantitative estimate of drug-likeness (QED) is 0.916. The molecule has 1 heterocycles. The Morgan fingerprint density at radius 3 is 2.63 bits per heavy atom. The number of rotatable bonds is 5. The molecule has 1 atom stereocenters. The minimum Gasteiger partial charge on any atom is -0.385 e. The lowest BCUT2D eigenvalue weighted by Crippen LogP contribution is -2.26. The summed E-state index contributed by atoms with van der Waals surface area (Å²) in [5.74, 6) is 0.793. The summed E-state index contributed by atoms with van der Waals surface area (Å²) in [5.41, 5.74) is -0.161. The van der Waals surface area contributed by atoms with Crippen molar-refractivity contribution in [2.45, 2.75) is 38.8 Å². The van der Waals surface area contributed by atoms with Crippen LogP contribution in [0.25, 0.3) is 0 Å². The molecule has 0 fully saturated rings. The van der Waals surface area contributed by atoms with Crippen molar-refractivity contribution in [1.82, 2.24) is 14.8 Å². The van der Waals surface area contributed by atoms with Crippen LogP contribution in [0.1, 0.15) is 31.7 Å². The summed E-state index contributed by atoms with van der Waals surface area (Å²) in [6.07, 6.45) is 2.94. The third kappa shape index (κ3) is 3.33. The number of aryl methyl sites for hydroxylation is 1. The standard InChI is InChI=1S/C14H18ClN3O/c1-3-8-18-13(16-10-17-18)9-14(2,19)11-4-6-12(15)7-5-11/h4-7,10,19H,3,8-9H2,1-2H3. The zero-order chi connectivity index (χ0) is 13.9. The smallest absolute Gasteiger partial charge is 0.138 e. The van der Waals surface area contributed by atoms with E-state index in [1.165, 1.54) is 6.33 Å². The Balaban J connectivity index is 2.20. The van der Waals surface area contributed by atoms with E-state index in [2.05, 4.69) is 17.0 Å². The maximum absolute atomic E-state index is 10.6. The van der Waals surface area contributed by atoms with Gasteiger partial charge in [0.2, 0.25) is 0 Å². The molecular formula is C14H18ClN3O. The fourth-order valence-corrected chi connectivity index (χ4v) is 2.17. The molecule has 0 amide bonds. The molecule has 0 radical (unpaired) electrons. The predicted molar refractivity (Wildman–Crippen MR) is 75.0 cm³/mol. The van der Waals surface area contributed by atoms with Crippen molar-refractivity contribution < 1.29 is 5.11 Å². The van der Waals surface area contributed by atoms with E-state index in [0.717, 1.165) is 24.4 Å². The number of halogens is 1. The second kappa shape index (κ2) is 5.72. The zero-order valence-corrected chi connectivity index (χ0v) is 11.9. The van der Waals surface area contributed by atoms with Crippen molar-refractivity contribution >= 4 is 11.6 Å². The Hall–Kier alpha value is -1.39. The number of benzene rings is 1. The van der Waals surface area contributed by atoms with Gasteiger partial charge >= 0.3 is 0 Å². The van der Waals surface area contributed by atoms with Gasteiger partial charge < -0.3 is 5.11 Å². The van der Waals surface area contributed by atoms with Crippen molar-refractivity contribution in [3.8, 4) is 0 Å². The molecule has 2 rings (SSSR count). The van der Waals surface area contributed by atoms with Gasteiger partial charge in [0.15, 0.2) is 0 Å². The lowest BCUT2D eigenvalue weighted by molar-refractivity contribution is 0.0542. The van der Waals surface area contributed by atoms with E-state index in [9.17, 15) is 5.11 Å². The van der Waals surface area contributed by atoms with E-state index in [-0.39, 0.29) is 0 Å². The summed E-state index contributed by atoms with van der Waals surface area (Å²) >= 11 is 5.86. The summed E-state index contributed by atoms with van der Waals surface area (Å²) in [5, 5.41) is 15.4. The molecule has 0 saturated carbocycles. The number of aromatic nitrogens is 3. The lowest BCUT2D eigenvalue weighted by Gasteiger charge is -2.23. The van der Waals surface area contributed by atoms with Gasteiger partial charge in [0.25, 0.3) is 0 Å². The molecule has 0 bridgehead atoms. The van der Waals surface area contributed by atoms with Crippen LogP contribution in [0.15, 0.2) is 30.6 Å².